The van der Waals surface area contributed by atoms with E-state index < -0.39 is 0 Å². The van der Waals surface area contributed by atoms with E-state index in [9.17, 15) is 4.79 Å². The van der Waals surface area contributed by atoms with Gasteiger partial charge in [-0.1, -0.05) is 6.92 Å². The Kier molecular flexibility index (Phi) is 5.41. The Bertz CT molecular complexity index is 476. The summed E-state index contributed by atoms with van der Waals surface area (Å²) in [5, 5.41) is 6.59. The second-order valence-electron chi connectivity index (χ2n) is 6.04. The first-order valence-electron chi connectivity index (χ1n) is 7.43. The van der Waals surface area contributed by atoms with Crippen molar-refractivity contribution in [1.82, 2.24) is 20.5 Å². The number of hydrogen-bond acceptors (Lipinski definition) is 5. The average molecular weight is 311 g/mol. The number of rotatable bonds is 4. The highest BCUT2D eigenvalue weighted by Gasteiger charge is 2.27. The quantitative estimate of drug-likeness (QED) is 0.789. The van der Waals surface area contributed by atoms with Gasteiger partial charge in [0.1, 0.15) is 0 Å². The van der Waals surface area contributed by atoms with Crippen LogP contribution in [0.2, 0.25) is 0 Å². The van der Waals surface area contributed by atoms with Crippen LogP contribution in [-0.4, -0.2) is 41.1 Å². The molecule has 7 heteroatoms. The summed E-state index contributed by atoms with van der Waals surface area (Å²) in [6.07, 6.45) is 2.83. The Morgan fingerprint density at radius 1 is 1.62 bits per heavy atom. The maximum Gasteiger partial charge on any atom is 0.315 e. The zero-order valence-electron chi connectivity index (χ0n) is 12.9. The molecule has 1 aliphatic rings. The van der Waals surface area contributed by atoms with Crippen LogP contribution in [0.25, 0.3) is 0 Å². The van der Waals surface area contributed by atoms with Gasteiger partial charge in [0.25, 0.3) is 0 Å². The number of amides is 2. The largest absolute Gasteiger partial charge is 0.375 e. The number of aromatic nitrogens is 1. The highest BCUT2D eigenvalue weighted by molar-refractivity contribution is 7.15. The average Bonchev–Trinajstić information content (AvgIpc) is 2.77. The van der Waals surface area contributed by atoms with Crippen molar-refractivity contribution in [2.75, 3.05) is 18.8 Å². The number of thiazole rings is 1. The lowest BCUT2D eigenvalue weighted by atomic mass is 9.94. The molecule has 0 aliphatic carbocycles. The molecule has 2 unspecified atom stereocenters. The molecule has 0 aromatic carbocycles. The first kappa shape index (κ1) is 16.0. The fraction of sp³-hybridized carbons (Fsp3) is 0.714. The minimum atomic E-state index is -0.0643. The van der Waals surface area contributed by atoms with E-state index in [-0.39, 0.29) is 18.1 Å². The Balaban J connectivity index is 1.80. The van der Waals surface area contributed by atoms with Gasteiger partial charge in [-0.25, -0.2) is 9.78 Å². The van der Waals surface area contributed by atoms with Crippen molar-refractivity contribution in [2.24, 2.45) is 5.92 Å². The SMILES string of the molecule is CC(C)NC(=O)NC1CCN(Cc2cnc(N)s2)CC1C. The van der Waals surface area contributed by atoms with E-state index in [1.807, 2.05) is 20.0 Å². The van der Waals surface area contributed by atoms with Crippen molar-refractivity contribution < 1.29 is 4.79 Å². The zero-order valence-corrected chi connectivity index (χ0v) is 13.7. The van der Waals surface area contributed by atoms with Crippen LogP contribution in [-0.2, 0) is 6.54 Å². The van der Waals surface area contributed by atoms with E-state index in [0.29, 0.717) is 11.0 Å². The molecule has 1 saturated heterocycles. The van der Waals surface area contributed by atoms with E-state index in [0.717, 1.165) is 26.1 Å². The van der Waals surface area contributed by atoms with Gasteiger partial charge in [-0.3, -0.25) is 4.90 Å². The summed E-state index contributed by atoms with van der Waals surface area (Å²) in [4.78, 5) is 19.5. The minimum absolute atomic E-state index is 0.0643. The Hall–Kier alpha value is -1.34. The lowest BCUT2D eigenvalue weighted by Crippen LogP contribution is -2.52. The predicted molar refractivity (Wildman–Crippen MR) is 86.2 cm³/mol. The summed E-state index contributed by atoms with van der Waals surface area (Å²) in [5.41, 5.74) is 5.66. The highest BCUT2D eigenvalue weighted by atomic mass is 32.1. The summed E-state index contributed by atoms with van der Waals surface area (Å²) in [6, 6.07) is 0.342. The number of piperidine rings is 1. The fourth-order valence-electron chi connectivity index (χ4n) is 2.68. The first-order chi connectivity index (χ1) is 9.94. The molecule has 118 valence electrons. The Labute approximate surface area is 130 Å². The molecular weight excluding hydrogens is 286 g/mol. The molecule has 1 fully saturated rings. The van der Waals surface area contributed by atoms with Crippen LogP contribution in [0.1, 0.15) is 32.1 Å². The third-order valence-corrected chi connectivity index (χ3v) is 4.49. The predicted octanol–water partition coefficient (Wildman–Crippen LogP) is 1.64. The van der Waals surface area contributed by atoms with Crippen LogP contribution in [0.3, 0.4) is 0 Å². The maximum atomic E-state index is 11.8. The molecule has 0 saturated carbocycles. The van der Waals surface area contributed by atoms with Crippen LogP contribution in [0, 0.1) is 5.92 Å². The highest BCUT2D eigenvalue weighted by Crippen LogP contribution is 2.22. The van der Waals surface area contributed by atoms with Gasteiger partial charge in [-0.05, 0) is 26.2 Å². The summed E-state index contributed by atoms with van der Waals surface area (Å²) >= 11 is 1.55. The van der Waals surface area contributed by atoms with Crippen LogP contribution in [0.15, 0.2) is 6.20 Å². The molecule has 2 heterocycles. The molecular formula is C14H25N5OS. The number of hydrogen-bond donors (Lipinski definition) is 3. The number of carbonyl (C=O) groups is 1. The second-order valence-corrected chi connectivity index (χ2v) is 7.19. The number of nitrogen functional groups attached to an aromatic ring is 1. The van der Waals surface area contributed by atoms with Crippen molar-refractivity contribution in [3.05, 3.63) is 11.1 Å². The van der Waals surface area contributed by atoms with Crippen molar-refractivity contribution >= 4 is 22.5 Å². The summed E-state index contributed by atoms with van der Waals surface area (Å²) in [6.45, 7) is 8.97. The summed E-state index contributed by atoms with van der Waals surface area (Å²) in [7, 11) is 0. The maximum absolute atomic E-state index is 11.8. The molecule has 2 atom stereocenters. The summed E-state index contributed by atoms with van der Waals surface area (Å²) < 4.78 is 0. The lowest BCUT2D eigenvalue weighted by molar-refractivity contribution is 0.143. The Morgan fingerprint density at radius 2 is 2.38 bits per heavy atom. The number of carbonyl (C=O) groups excluding carboxylic acids is 1. The topological polar surface area (TPSA) is 83.3 Å². The molecule has 0 spiro atoms. The number of urea groups is 1. The molecule has 1 aliphatic heterocycles. The number of nitrogens with two attached hydrogens (primary N) is 1. The number of anilines is 1. The number of likely N-dealkylation sites (tertiary alicyclic amines) is 1. The molecule has 4 N–H and O–H groups in total. The minimum Gasteiger partial charge on any atom is -0.375 e. The van der Waals surface area contributed by atoms with Crippen LogP contribution in [0.4, 0.5) is 9.93 Å². The van der Waals surface area contributed by atoms with Gasteiger partial charge in [0.2, 0.25) is 0 Å². The number of nitrogens with zero attached hydrogens (tertiary/aromatic N) is 2. The van der Waals surface area contributed by atoms with E-state index in [2.05, 4.69) is 27.4 Å². The van der Waals surface area contributed by atoms with Crippen LogP contribution < -0.4 is 16.4 Å². The standard InChI is InChI=1S/C14H25N5OS/c1-9(2)17-14(20)18-12-4-5-19(7-10(12)3)8-11-6-16-13(15)21-11/h6,9-10,12H,4-5,7-8H2,1-3H3,(H2,15,16)(H2,17,18,20). The van der Waals surface area contributed by atoms with Crippen LogP contribution >= 0.6 is 11.3 Å². The molecule has 2 rings (SSSR count). The number of nitrogens with one attached hydrogen (secondary N) is 2. The molecule has 0 bridgehead atoms. The zero-order chi connectivity index (χ0) is 15.4. The van der Waals surface area contributed by atoms with Gasteiger partial charge in [0, 0.05) is 42.8 Å². The van der Waals surface area contributed by atoms with Gasteiger partial charge in [-0.15, -0.1) is 11.3 Å². The van der Waals surface area contributed by atoms with Gasteiger partial charge < -0.3 is 16.4 Å². The lowest BCUT2D eigenvalue weighted by Gasteiger charge is -2.37. The third kappa shape index (κ3) is 4.86. The molecule has 1 aromatic rings. The monoisotopic (exact) mass is 311 g/mol. The van der Waals surface area contributed by atoms with E-state index >= 15 is 0 Å². The molecule has 0 radical (unpaired) electrons. The van der Waals surface area contributed by atoms with Crippen molar-refractivity contribution in [3.8, 4) is 0 Å². The molecule has 1 aromatic heterocycles. The van der Waals surface area contributed by atoms with Crippen LogP contribution in [0.5, 0.6) is 0 Å². The molecule has 6 nitrogen and oxygen atoms in total. The van der Waals surface area contributed by atoms with Gasteiger partial charge >= 0.3 is 6.03 Å². The second kappa shape index (κ2) is 7.09. The summed E-state index contributed by atoms with van der Waals surface area (Å²) in [5.74, 6) is 0.432. The van der Waals surface area contributed by atoms with Gasteiger partial charge in [0.15, 0.2) is 5.13 Å². The first-order valence-corrected chi connectivity index (χ1v) is 8.25. The molecule has 2 amide bonds. The van der Waals surface area contributed by atoms with E-state index in [1.165, 1.54) is 4.88 Å². The van der Waals surface area contributed by atoms with Gasteiger partial charge in [-0.2, -0.15) is 0 Å². The Morgan fingerprint density at radius 3 is 2.95 bits per heavy atom. The normalized spacial score (nSPS) is 23.2. The fourth-order valence-corrected chi connectivity index (χ4v) is 3.40. The van der Waals surface area contributed by atoms with Crippen molar-refractivity contribution in [3.63, 3.8) is 0 Å². The molecule has 21 heavy (non-hydrogen) atoms. The van der Waals surface area contributed by atoms with Crippen molar-refractivity contribution in [1.29, 1.82) is 0 Å². The van der Waals surface area contributed by atoms with Gasteiger partial charge in [0.05, 0.1) is 0 Å². The van der Waals surface area contributed by atoms with E-state index in [4.69, 9.17) is 5.73 Å². The smallest absolute Gasteiger partial charge is 0.315 e. The van der Waals surface area contributed by atoms with Crippen molar-refractivity contribution in [2.45, 2.75) is 45.8 Å². The third-order valence-electron chi connectivity index (χ3n) is 3.68. The van der Waals surface area contributed by atoms with E-state index in [1.54, 1.807) is 11.3 Å².